The second-order valence-electron chi connectivity index (χ2n) is 21.4. The monoisotopic (exact) mass is 940 g/mol. The number of hydrogen-bond donors (Lipinski definition) is 7. The standard InChI is InChI=1S/C59H77N3O7/c1-38-13-7-8-32-69-37-44(22-10-16-39(2)15-9-14-38)47-29-31-59(55(47)66)50-27-26-45(63)34-41-18-11-17-40(33-41)24-25-46(64)36-61-54-53-43(21-12-23-49(53)56(60)62-57(54)67)35-51(65)52(42-19-5-4-6-20-42)48(50)28-30-58(59,3)68/h10-12,14,16-18,21-23,33,42,45-47,50,54-56,61,63-64,66,68H,2,4-6,9,13,15,19-20,24-32,34-37,60H2,1,3H3,(H,62,67)/b16-10+,38-14+,44-22-,52-48+/t45-,46+,47+,50+,54+,55+,56+,58+,59+/m0/s1. The summed E-state index contributed by atoms with van der Waals surface area (Å²) in [6.07, 6.45) is 16.8. The zero-order chi connectivity index (χ0) is 48.7. The number of allylic oxidation sites excluding steroid dienone is 8. The van der Waals surface area contributed by atoms with Crippen molar-refractivity contribution < 1.29 is 34.8 Å². The molecular formula is C59H77N3O7. The molecular weight excluding hydrogens is 863 g/mol. The second kappa shape index (κ2) is 22.8. The highest BCUT2D eigenvalue weighted by atomic mass is 16.5. The first kappa shape index (κ1) is 50.9. The van der Waals surface area contributed by atoms with E-state index in [-0.39, 0.29) is 49.7 Å². The molecule has 3 aliphatic heterocycles. The number of aliphatic hydroxyl groups excluding tert-OH is 3. The second-order valence-corrected chi connectivity index (χ2v) is 21.4. The third kappa shape index (κ3) is 11.5. The molecule has 8 N–H and O–H groups in total. The number of hydrogen-bond acceptors (Lipinski definition) is 9. The van der Waals surface area contributed by atoms with Crippen molar-refractivity contribution in [2.24, 2.45) is 28.9 Å². The van der Waals surface area contributed by atoms with Crippen molar-refractivity contribution >= 4 is 11.7 Å². The molecule has 0 saturated heterocycles. The zero-order valence-electron chi connectivity index (χ0n) is 41.1. The Labute approximate surface area is 410 Å². The zero-order valence-corrected chi connectivity index (χ0v) is 41.1. The maximum absolute atomic E-state index is 15.7. The Kier molecular flexibility index (Phi) is 16.8. The molecule has 0 aromatic heterocycles. The number of nitrogens with one attached hydrogen (secondary N) is 2. The van der Waals surface area contributed by atoms with Gasteiger partial charge in [-0.25, -0.2) is 0 Å². The first-order valence-electron chi connectivity index (χ1n) is 26.0. The number of aliphatic hydroxyl groups is 4. The molecule has 9 atom stereocenters. The quantitative estimate of drug-likeness (QED) is 0.116. The minimum atomic E-state index is -1.30. The SMILES string of the molecule is C=C1/C=C/C=C(\[C@H]2CC[C@@]3([C@@H]4CC[C@H](O)Cc5cccc(c5)CC[C@@H](O)CN[C@H]5C(=O)N[C@@H](N)c6cccc(c65)CC(=O)/C(C5CCCCC5)=C/4CC[C@@]3(C)O)[C@@H]2O)COCC#CC/C(C)=C/CC1. The van der Waals surface area contributed by atoms with E-state index in [1.165, 1.54) is 5.57 Å². The van der Waals surface area contributed by atoms with E-state index in [2.05, 4.69) is 54.2 Å². The first-order valence-corrected chi connectivity index (χ1v) is 26.0. The lowest BCUT2D eigenvalue weighted by Gasteiger charge is -2.56. The largest absolute Gasteiger partial charge is 0.393 e. The molecule has 3 heterocycles. The molecule has 1 spiro atoms. The number of carbonyl (C=O) groups excluding carboxylic acids is 2. The fourth-order valence-corrected chi connectivity index (χ4v) is 13.1. The normalized spacial score (nSPS) is 35.9. The fourth-order valence-electron chi connectivity index (χ4n) is 13.1. The summed E-state index contributed by atoms with van der Waals surface area (Å²) < 4.78 is 6.23. The van der Waals surface area contributed by atoms with Gasteiger partial charge in [0.2, 0.25) is 5.91 Å². The van der Waals surface area contributed by atoms with E-state index >= 15 is 4.79 Å². The number of fused-ring (bicyclic) bond motifs is 4. The van der Waals surface area contributed by atoms with E-state index in [4.69, 9.17) is 10.5 Å². The topological polar surface area (TPSA) is 174 Å². The number of rotatable bonds is 2. The average molecular weight is 940 g/mol. The van der Waals surface area contributed by atoms with Gasteiger partial charge in [0, 0.05) is 30.7 Å². The molecule has 8 rings (SSSR count). The van der Waals surface area contributed by atoms with Gasteiger partial charge in [0.15, 0.2) is 5.78 Å². The Morgan fingerprint density at radius 1 is 0.899 bits per heavy atom. The lowest BCUT2D eigenvalue weighted by Crippen LogP contribution is -2.59. The molecule has 2 aromatic carbocycles. The number of ether oxygens (including phenoxy) is 1. The van der Waals surface area contributed by atoms with Crippen LogP contribution in [0.15, 0.2) is 101 Å². The number of aryl methyl sites for hydroxylation is 1. The van der Waals surface area contributed by atoms with Crippen LogP contribution in [0, 0.1) is 35.0 Å². The van der Waals surface area contributed by atoms with Crippen LogP contribution in [0.25, 0.3) is 0 Å². The Morgan fingerprint density at radius 2 is 1.70 bits per heavy atom. The van der Waals surface area contributed by atoms with Gasteiger partial charge in [0.25, 0.3) is 0 Å². The van der Waals surface area contributed by atoms with Crippen LogP contribution in [0.4, 0.5) is 0 Å². The molecule has 0 unspecified atom stereocenters. The summed E-state index contributed by atoms with van der Waals surface area (Å²) in [5, 5.41) is 55.7. The van der Waals surface area contributed by atoms with Gasteiger partial charge in [-0.2, -0.15) is 0 Å². The highest BCUT2D eigenvalue weighted by Crippen LogP contribution is 2.63. The minimum Gasteiger partial charge on any atom is -0.393 e. The van der Waals surface area contributed by atoms with Crippen LogP contribution in [0.5, 0.6) is 0 Å². The molecule has 6 aliphatic rings. The number of benzene rings is 2. The predicted octanol–water partition coefficient (Wildman–Crippen LogP) is 8.19. The first-order chi connectivity index (χ1) is 33.3. The Morgan fingerprint density at radius 3 is 2.52 bits per heavy atom. The van der Waals surface area contributed by atoms with Crippen LogP contribution in [0.1, 0.15) is 150 Å². The molecule has 3 fully saturated rings. The van der Waals surface area contributed by atoms with Gasteiger partial charge in [-0.1, -0.05) is 121 Å². The van der Waals surface area contributed by atoms with E-state index in [0.29, 0.717) is 69.8 Å². The minimum absolute atomic E-state index is 0.00360. The molecule has 3 aliphatic carbocycles. The summed E-state index contributed by atoms with van der Waals surface area (Å²) in [5.41, 5.74) is 13.4. The van der Waals surface area contributed by atoms with E-state index < -0.39 is 47.5 Å². The number of β-amino-alcohol motifs (C(OH)–C–C–N with tert-alkyl or cyclic N) is 1. The van der Waals surface area contributed by atoms with E-state index in [0.717, 1.165) is 89.5 Å². The Balaban J connectivity index is 1.24. The summed E-state index contributed by atoms with van der Waals surface area (Å²) in [6.45, 7) is 8.99. The van der Waals surface area contributed by atoms with Crippen molar-refractivity contribution in [2.45, 2.75) is 166 Å². The molecule has 2 bridgehead atoms. The van der Waals surface area contributed by atoms with Crippen LogP contribution < -0.4 is 16.4 Å². The summed E-state index contributed by atoms with van der Waals surface area (Å²) in [6, 6.07) is 13.1. The van der Waals surface area contributed by atoms with Crippen LogP contribution in [-0.2, 0) is 33.6 Å². The van der Waals surface area contributed by atoms with Crippen LogP contribution in [0.2, 0.25) is 0 Å². The molecule has 10 nitrogen and oxygen atoms in total. The Bertz CT molecular complexity index is 2400. The van der Waals surface area contributed by atoms with Crippen molar-refractivity contribution in [3.63, 3.8) is 0 Å². The third-order valence-electron chi connectivity index (χ3n) is 16.7. The predicted molar refractivity (Wildman–Crippen MR) is 271 cm³/mol. The molecule has 69 heavy (non-hydrogen) atoms. The van der Waals surface area contributed by atoms with Crippen LogP contribution in [-0.4, -0.2) is 75.8 Å². The van der Waals surface area contributed by atoms with Gasteiger partial charge >= 0.3 is 0 Å². The van der Waals surface area contributed by atoms with Crippen LogP contribution >= 0.6 is 0 Å². The van der Waals surface area contributed by atoms with Gasteiger partial charge < -0.3 is 36.2 Å². The number of ketones is 1. The van der Waals surface area contributed by atoms with Crippen molar-refractivity contribution in [1.29, 1.82) is 0 Å². The molecule has 3 saturated carbocycles. The molecule has 0 radical (unpaired) electrons. The molecule has 2 aromatic rings. The lowest BCUT2D eigenvalue weighted by molar-refractivity contribution is -0.168. The summed E-state index contributed by atoms with van der Waals surface area (Å²) in [7, 11) is 0. The maximum Gasteiger partial charge on any atom is 0.243 e. The number of carbonyl (C=O) groups is 2. The highest BCUT2D eigenvalue weighted by Gasteiger charge is 2.64. The van der Waals surface area contributed by atoms with Gasteiger partial charge in [-0.15, -0.1) is 0 Å². The Hall–Kier alpha value is -4.44. The van der Waals surface area contributed by atoms with Crippen molar-refractivity contribution in [2.75, 3.05) is 19.8 Å². The maximum atomic E-state index is 15.7. The molecule has 370 valence electrons. The molecule has 1 amide bonds. The number of amides is 1. The van der Waals surface area contributed by atoms with E-state index in [1.807, 2.05) is 55.5 Å². The number of nitrogens with two attached hydrogens (primary N) is 1. The smallest absolute Gasteiger partial charge is 0.243 e. The van der Waals surface area contributed by atoms with Crippen molar-refractivity contribution in [3.05, 3.63) is 129 Å². The lowest BCUT2D eigenvalue weighted by atomic mass is 9.51. The van der Waals surface area contributed by atoms with Gasteiger partial charge in [-0.3, -0.25) is 14.9 Å². The van der Waals surface area contributed by atoms with E-state index in [9.17, 15) is 25.2 Å². The summed E-state index contributed by atoms with van der Waals surface area (Å²) >= 11 is 0. The highest BCUT2D eigenvalue weighted by molar-refractivity contribution is 5.99. The van der Waals surface area contributed by atoms with Gasteiger partial charge in [0.1, 0.15) is 18.8 Å². The van der Waals surface area contributed by atoms with Gasteiger partial charge in [0.05, 0.1) is 30.5 Å². The summed E-state index contributed by atoms with van der Waals surface area (Å²) in [5.74, 6) is 5.37. The van der Waals surface area contributed by atoms with E-state index in [1.54, 1.807) is 0 Å². The number of Topliss-reactive ketones (excluding diaryl/α,β-unsaturated/α-hetero) is 1. The summed E-state index contributed by atoms with van der Waals surface area (Å²) in [4.78, 5) is 29.5. The fraction of sp³-hybridized carbons (Fsp3) is 0.559. The van der Waals surface area contributed by atoms with Crippen LogP contribution in [0.3, 0.4) is 0 Å². The van der Waals surface area contributed by atoms with Gasteiger partial charge in [-0.05, 0) is 148 Å². The average Bonchev–Trinajstić information content (AvgIpc) is 3.66. The van der Waals surface area contributed by atoms with Crippen molar-refractivity contribution in [3.8, 4) is 11.8 Å². The third-order valence-corrected chi connectivity index (χ3v) is 16.7. The van der Waals surface area contributed by atoms with Crippen molar-refractivity contribution in [1.82, 2.24) is 10.6 Å². The molecule has 10 heteroatoms.